The molecular weight excluding hydrogens is 391 g/mol. The number of hydrogen-bond donors (Lipinski definition) is 1. The van der Waals surface area contributed by atoms with Gasteiger partial charge in [-0.25, -0.2) is 26.9 Å². The maximum Gasteiger partial charge on any atom is 0.282 e. The predicted octanol–water partition coefficient (Wildman–Crippen LogP) is 1.22. The van der Waals surface area contributed by atoms with Gasteiger partial charge in [0, 0.05) is 6.42 Å². The van der Waals surface area contributed by atoms with Crippen LogP contribution in [0.4, 0.5) is 27.6 Å². The first-order valence-corrected chi connectivity index (χ1v) is 8.34. The zero-order valence-corrected chi connectivity index (χ0v) is 14.5. The van der Waals surface area contributed by atoms with Gasteiger partial charge < -0.3 is 20.3 Å². The SMILES string of the molecule is NC(=O)[C@@H]1CC(F)(F)CN1C(=O)c1ccc(N2CC(F)(F)C2)c(OCCF)n1. The van der Waals surface area contributed by atoms with Crippen molar-refractivity contribution in [3.63, 3.8) is 0 Å². The van der Waals surface area contributed by atoms with Gasteiger partial charge in [-0.3, -0.25) is 9.59 Å². The minimum Gasteiger partial charge on any atom is -0.473 e. The number of nitrogens with two attached hydrogens (primary N) is 1. The van der Waals surface area contributed by atoms with Crippen molar-refractivity contribution in [2.75, 3.05) is 37.8 Å². The first-order chi connectivity index (χ1) is 13.0. The summed E-state index contributed by atoms with van der Waals surface area (Å²) in [6.07, 6.45) is -0.903. The second-order valence-electron chi connectivity index (χ2n) is 6.68. The number of likely N-dealkylation sites (tertiary alicyclic amines) is 1. The molecule has 7 nitrogen and oxygen atoms in total. The van der Waals surface area contributed by atoms with Crippen LogP contribution >= 0.6 is 0 Å². The maximum atomic E-state index is 13.7. The molecule has 1 aromatic rings. The van der Waals surface area contributed by atoms with Gasteiger partial charge in [-0.2, -0.15) is 0 Å². The quantitative estimate of drug-likeness (QED) is 0.716. The molecule has 0 bridgehead atoms. The highest BCUT2D eigenvalue weighted by Crippen LogP contribution is 2.37. The fourth-order valence-electron chi connectivity index (χ4n) is 3.15. The van der Waals surface area contributed by atoms with E-state index in [4.69, 9.17) is 10.5 Å². The molecule has 2 aliphatic rings. The Morgan fingerprint density at radius 2 is 1.86 bits per heavy atom. The molecule has 2 aliphatic heterocycles. The summed E-state index contributed by atoms with van der Waals surface area (Å²) in [4.78, 5) is 29.8. The number of rotatable bonds is 6. The first-order valence-electron chi connectivity index (χ1n) is 8.34. The van der Waals surface area contributed by atoms with E-state index in [1.54, 1.807) is 0 Å². The number of nitrogens with zero attached hydrogens (tertiary/aromatic N) is 3. The number of alkyl halides is 5. The van der Waals surface area contributed by atoms with Gasteiger partial charge in [0.2, 0.25) is 11.8 Å². The number of amides is 2. The molecule has 3 heterocycles. The van der Waals surface area contributed by atoms with Crippen molar-refractivity contribution < 1.29 is 36.3 Å². The van der Waals surface area contributed by atoms with Crippen molar-refractivity contribution in [2.24, 2.45) is 5.73 Å². The van der Waals surface area contributed by atoms with E-state index in [0.717, 1.165) is 6.07 Å². The number of aromatic nitrogens is 1. The molecule has 0 aliphatic carbocycles. The lowest BCUT2D eigenvalue weighted by molar-refractivity contribution is -0.121. The van der Waals surface area contributed by atoms with Crippen molar-refractivity contribution in [3.05, 3.63) is 17.8 Å². The molecule has 28 heavy (non-hydrogen) atoms. The summed E-state index contributed by atoms with van der Waals surface area (Å²) in [5, 5.41) is 0. The summed E-state index contributed by atoms with van der Waals surface area (Å²) in [6, 6.07) is 0.898. The van der Waals surface area contributed by atoms with Crippen LogP contribution in [0, 0.1) is 0 Å². The molecule has 0 unspecified atom stereocenters. The Balaban J connectivity index is 1.87. The monoisotopic (exact) mass is 408 g/mol. The molecule has 12 heteroatoms. The highest BCUT2D eigenvalue weighted by atomic mass is 19.3. The number of halogens is 5. The maximum absolute atomic E-state index is 13.7. The van der Waals surface area contributed by atoms with Crippen LogP contribution in [0.5, 0.6) is 5.88 Å². The summed E-state index contributed by atoms with van der Waals surface area (Å²) in [5.41, 5.74) is 4.87. The van der Waals surface area contributed by atoms with E-state index in [1.807, 2.05) is 0 Å². The highest BCUT2D eigenvalue weighted by molar-refractivity contribution is 5.97. The third-order valence-corrected chi connectivity index (χ3v) is 4.42. The Labute approximate surface area is 156 Å². The minimum absolute atomic E-state index is 0.120. The van der Waals surface area contributed by atoms with E-state index in [9.17, 15) is 31.5 Å². The molecule has 2 saturated heterocycles. The molecular formula is C16H17F5N4O3. The summed E-state index contributed by atoms with van der Waals surface area (Å²) in [7, 11) is 0. The normalized spacial score (nSPS) is 22.7. The van der Waals surface area contributed by atoms with Crippen molar-refractivity contribution >= 4 is 17.5 Å². The van der Waals surface area contributed by atoms with Crippen LogP contribution in [-0.2, 0) is 4.79 Å². The van der Waals surface area contributed by atoms with Crippen LogP contribution in [0.15, 0.2) is 12.1 Å². The van der Waals surface area contributed by atoms with Crippen molar-refractivity contribution in [2.45, 2.75) is 24.3 Å². The van der Waals surface area contributed by atoms with E-state index in [1.165, 1.54) is 11.0 Å². The second-order valence-corrected chi connectivity index (χ2v) is 6.68. The third-order valence-electron chi connectivity index (χ3n) is 4.42. The van der Waals surface area contributed by atoms with Gasteiger partial charge in [-0.1, -0.05) is 0 Å². The molecule has 0 aromatic carbocycles. The van der Waals surface area contributed by atoms with E-state index < -0.39 is 69.0 Å². The molecule has 2 fully saturated rings. The molecule has 1 atom stereocenters. The Morgan fingerprint density at radius 1 is 1.18 bits per heavy atom. The van der Waals surface area contributed by atoms with Gasteiger partial charge in [0.15, 0.2) is 0 Å². The van der Waals surface area contributed by atoms with Gasteiger partial charge in [0.1, 0.15) is 30.7 Å². The van der Waals surface area contributed by atoms with Crippen LogP contribution in [0.3, 0.4) is 0 Å². The summed E-state index contributed by atoms with van der Waals surface area (Å²) in [6.45, 7) is -3.54. The number of primary amides is 1. The molecule has 3 rings (SSSR count). The summed E-state index contributed by atoms with van der Waals surface area (Å²) in [5.74, 6) is -8.53. The van der Waals surface area contributed by atoms with E-state index in [0.29, 0.717) is 4.90 Å². The van der Waals surface area contributed by atoms with Crippen LogP contribution in [0.25, 0.3) is 0 Å². The molecule has 0 saturated carbocycles. The number of pyridine rings is 1. The Hall–Kier alpha value is -2.66. The standard InChI is InChI=1S/C16H17F5N4O3/c17-3-4-28-13-10(24-6-16(20,21)7-24)2-1-9(23-13)14(27)25-8-15(18,19)5-11(25)12(22)26/h1-2,11H,3-8H2,(H2,22,26)/t11-/m0/s1. The average Bonchev–Trinajstić information content (AvgIpc) is 2.93. The number of ether oxygens (including phenoxy) is 1. The number of carbonyl (C=O) groups excluding carboxylic acids is 2. The van der Waals surface area contributed by atoms with Gasteiger partial charge in [-0.05, 0) is 12.1 Å². The zero-order chi connectivity index (χ0) is 20.7. The fourth-order valence-corrected chi connectivity index (χ4v) is 3.15. The second kappa shape index (κ2) is 7.06. The Bertz CT molecular complexity index is 784. The van der Waals surface area contributed by atoms with Crippen LogP contribution in [0.1, 0.15) is 16.9 Å². The van der Waals surface area contributed by atoms with Crippen molar-refractivity contribution in [1.29, 1.82) is 0 Å². The van der Waals surface area contributed by atoms with Crippen molar-refractivity contribution in [3.8, 4) is 5.88 Å². The average molecular weight is 408 g/mol. The van der Waals surface area contributed by atoms with Crippen LogP contribution in [-0.4, -0.2) is 72.5 Å². The lowest BCUT2D eigenvalue weighted by atomic mass is 10.1. The lowest BCUT2D eigenvalue weighted by Gasteiger charge is -2.40. The first kappa shape index (κ1) is 20.1. The smallest absolute Gasteiger partial charge is 0.282 e. The van der Waals surface area contributed by atoms with Gasteiger partial charge in [-0.15, -0.1) is 0 Å². The minimum atomic E-state index is -3.29. The van der Waals surface area contributed by atoms with Gasteiger partial charge in [0.25, 0.3) is 17.8 Å². The number of carbonyl (C=O) groups is 2. The third kappa shape index (κ3) is 3.94. The molecule has 0 spiro atoms. The van der Waals surface area contributed by atoms with Crippen LogP contribution in [0.2, 0.25) is 0 Å². The molecule has 0 radical (unpaired) electrons. The Kier molecular flexibility index (Phi) is 5.06. The Morgan fingerprint density at radius 3 is 2.43 bits per heavy atom. The topological polar surface area (TPSA) is 88.8 Å². The van der Waals surface area contributed by atoms with E-state index >= 15 is 0 Å². The van der Waals surface area contributed by atoms with Crippen LogP contribution < -0.4 is 15.4 Å². The predicted molar refractivity (Wildman–Crippen MR) is 86.4 cm³/mol. The van der Waals surface area contributed by atoms with Gasteiger partial charge >= 0.3 is 0 Å². The van der Waals surface area contributed by atoms with Crippen molar-refractivity contribution in [1.82, 2.24) is 9.88 Å². The molecule has 1 aromatic heterocycles. The fraction of sp³-hybridized carbons (Fsp3) is 0.562. The van der Waals surface area contributed by atoms with E-state index in [2.05, 4.69) is 4.98 Å². The number of anilines is 1. The number of hydrogen-bond acceptors (Lipinski definition) is 5. The molecule has 2 N–H and O–H groups in total. The summed E-state index contributed by atoms with van der Waals surface area (Å²) < 4.78 is 71.1. The molecule has 2 amide bonds. The van der Waals surface area contributed by atoms with E-state index in [-0.39, 0.29) is 17.3 Å². The lowest BCUT2D eigenvalue weighted by Crippen LogP contribution is -2.56. The summed E-state index contributed by atoms with van der Waals surface area (Å²) >= 11 is 0. The van der Waals surface area contributed by atoms with Gasteiger partial charge in [0.05, 0.1) is 19.6 Å². The largest absolute Gasteiger partial charge is 0.473 e. The molecule has 154 valence electrons. The highest BCUT2D eigenvalue weighted by Gasteiger charge is 2.50. The zero-order valence-electron chi connectivity index (χ0n) is 14.5.